The Labute approximate surface area is 340 Å². The number of nitrogens with zero attached hydrogens (tertiary/aromatic N) is 3. The van der Waals surface area contributed by atoms with Crippen molar-refractivity contribution >= 4 is 46.3 Å². The van der Waals surface area contributed by atoms with Gasteiger partial charge in [0.05, 0.1) is 62.3 Å². The van der Waals surface area contributed by atoms with Gasteiger partial charge in [0.1, 0.15) is 11.5 Å². The monoisotopic (exact) mass is 816 g/mol. The largest absolute Gasteiger partial charge is 0.454 e. The summed E-state index contributed by atoms with van der Waals surface area (Å²) in [5, 5.41) is 11.1. The van der Waals surface area contributed by atoms with Crippen LogP contribution in [-0.4, -0.2) is 67.5 Å². The Morgan fingerprint density at radius 3 is 1.59 bits per heavy atom. The number of ether oxygens (including phenoxy) is 4. The number of benzene rings is 4. The first-order chi connectivity index (χ1) is 28.3. The van der Waals surface area contributed by atoms with Crippen LogP contribution >= 0.6 is 23.5 Å². The van der Waals surface area contributed by atoms with Crippen LogP contribution in [0.1, 0.15) is 0 Å². The third-order valence-corrected chi connectivity index (χ3v) is 12.1. The number of nitrogens with one attached hydrogen (secondary N) is 2. The minimum absolute atomic E-state index is 0.0204. The number of hydrogen-bond donors (Lipinski definition) is 3. The summed E-state index contributed by atoms with van der Waals surface area (Å²) in [5.41, 5.74) is 11.1. The molecule has 4 aromatic carbocycles. The van der Waals surface area contributed by atoms with E-state index in [-0.39, 0.29) is 16.8 Å². The SMILES string of the molecule is Nc1ccc2c(c1)Sc1cccc(-c3cc(N4CCOCC4)cc(=O)[nH]3)c1O2.O=c1cc(N2CCOCC2)cc(-c2cccc3c2Oc2ccc([N+](=O)[O-])cc2S3)[nH]1. The molecule has 6 aromatic rings. The third kappa shape index (κ3) is 7.74. The first-order valence-electron chi connectivity index (χ1n) is 18.6. The van der Waals surface area contributed by atoms with Gasteiger partial charge in [-0.15, -0.1) is 0 Å². The van der Waals surface area contributed by atoms with Gasteiger partial charge in [-0.3, -0.25) is 19.7 Å². The molecule has 0 radical (unpaired) electrons. The van der Waals surface area contributed by atoms with Crippen LogP contribution in [0.15, 0.2) is 126 Å². The number of nitrogens with two attached hydrogens (primary N) is 1. The molecule has 6 heterocycles. The molecule has 0 spiro atoms. The molecule has 58 heavy (non-hydrogen) atoms. The van der Waals surface area contributed by atoms with Crippen molar-refractivity contribution in [3.05, 3.63) is 128 Å². The predicted molar refractivity (Wildman–Crippen MR) is 223 cm³/mol. The second kappa shape index (κ2) is 16.0. The second-order valence-corrected chi connectivity index (χ2v) is 15.9. The van der Waals surface area contributed by atoms with Crippen molar-refractivity contribution in [2.45, 2.75) is 19.6 Å². The molecule has 0 bridgehead atoms. The number of para-hydroxylation sites is 2. The third-order valence-electron chi connectivity index (χ3n) is 9.92. The summed E-state index contributed by atoms with van der Waals surface area (Å²) in [4.78, 5) is 49.1. The number of nitro groups is 1. The van der Waals surface area contributed by atoms with Crippen LogP contribution in [0.4, 0.5) is 22.7 Å². The van der Waals surface area contributed by atoms with Gasteiger partial charge >= 0.3 is 0 Å². The lowest BCUT2D eigenvalue weighted by molar-refractivity contribution is -0.385. The summed E-state index contributed by atoms with van der Waals surface area (Å²) >= 11 is 3.03. The van der Waals surface area contributed by atoms with E-state index in [1.807, 2.05) is 66.7 Å². The molecule has 16 heteroatoms. The van der Waals surface area contributed by atoms with Gasteiger partial charge in [0.25, 0.3) is 5.69 Å². The first-order valence-corrected chi connectivity index (χ1v) is 20.2. The van der Waals surface area contributed by atoms with Crippen molar-refractivity contribution < 1.29 is 23.9 Å². The molecule has 2 fully saturated rings. The Balaban J connectivity index is 0.000000151. The number of pyridine rings is 2. The highest BCUT2D eigenvalue weighted by molar-refractivity contribution is 8.00. The van der Waals surface area contributed by atoms with Crippen molar-refractivity contribution in [3.63, 3.8) is 0 Å². The fourth-order valence-corrected chi connectivity index (χ4v) is 9.15. The summed E-state index contributed by atoms with van der Waals surface area (Å²) in [7, 11) is 0. The molecule has 0 saturated carbocycles. The van der Waals surface area contributed by atoms with Gasteiger partial charge in [-0.25, -0.2) is 0 Å². The highest BCUT2D eigenvalue weighted by atomic mass is 32.2. The molecule has 0 atom stereocenters. The minimum atomic E-state index is -0.422. The zero-order valence-corrected chi connectivity index (χ0v) is 32.5. The normalized spacial score (nSPS) is 15.3. The lowest BCUT2D eigenvalue weighted by Crippen LogP contribution is -2.36. The number of nitrogen functional groups attached to an aromatic ring is 1. The molecule has 2 saturated heterocycles. The Morgan fingerprint density at radius 1 is 0.603 bits per heavy atom. The van der Waals surface area contributed by atoms with E-state index in [1.165, 1.54) is 23.9 Å². The summed E-state index contributed by atoms with van der Waals surface area (Å²) in [5.74, 6) is 2.70. The number of non-ortho nitro benzene ring substituents is 1. The van der Waals surface area contributed by atoms with Crippen LogP contribution in [0.3, 0.4) is 0 Å². The number of rotatable bonds is 5. The number of fused-ring (bicyclic) bond motifs is 4. The summed E-state index contributed by atoms with van der Waals surface area (Å²) in [6.07, 6.45) is 0. The zero-order chi connectivity index (χ0) is 39.8. The van der Waals surface area contributed by atoms with Crippen LogP contribution in [0.5, 0.6) is 23.0 Å². The number of morpholine rings is 2. The van der Waals surface area contributed by atoms with Gasteiger partial charge < -0.3 is 44.4 Å². The Bertz CT molecular complexity index is 2670. The fourth-order valence-electron chi connectivity index (χ4n) is 7.10. The zero-order valence-electron chi connectivity index (χ0n) is 30.9. The molecule has 4 N–H and O–H groups in total. The van der Waals surface area contributed by atoms with Gasteiger partial charge in [0.2, 0.25) is 11.1 Å². The van der Waals surface area contributed by atoms with Crippen LogP contribution in [0, 0.1) is 10.1 Å². The quantitative estimate of drug-likeness (QED) is 0.0873. The van der Waals surface area contributed by atoms with Crippen molar-refractivity contribution in [1.29, 1.82) is 0 Å². The maximum Gasteiger partial charge on any atom is 0.270 e. The molecule has 0 aliphatic carbocycles. The van der Waals surface area contributed by atoms with Crippen molar-refractivity contribution in [1.82, 2.24) is 9.97 Å². The van der Waals surface area contributed by atoms with E-state index in [0.717, 1.165) is 80.6 Å². The molecule has 4 aliphatic rings. The molecular weight excluding hydrogens is 781 g/mol. The molecule has 294 valence electrons. The standard InChI is InChI=1S/C21H17N3O5S.C21H19N3O3S/c25-20-12-14(23-6-8-28-9-7-23)10-16(22-20)15-2-1-3-18-21(15)29-17-5-4-13(24(26)27)11-19(17)30-18;22-13-4-5-17-19(10-13)28-18-3-1-2-15(21(18)27-17)16-11-14(12-20(25)23-16)24-6-8-26-9-7-24/h1-5,10-12H,6-9H2,(H,22,25);1-5,10-12H,6-9,22H2,(H,23,25). The fraction of sp³-hybridized carbons (Fsp3) is 0.190. The van der Waals surface area contributed by atoms with Gasteiger partial charge in [-0.1, -0.05) is 35.7 Å². The Kier molecular flexibility index (Phi) is 10.3. The lowest BCUT2D eigenvalue weighted by Gasteiger charge is -2.29. The van der Waals surface area contributed by atoms with Crippen LogP contribution in [0.25, 0.3) is 22.5 Å². The number of aromatic nitrogens is 2. The molecule has 0 amide bonds. The molecule has 4 aliphatic heterocycles. The van der Waals surface area contributed by atoms with Gasteiger partial charge in [0.15, 0.2) is 11.5 Å². The maximum atomic E-state index is 12.4. The van der Waals surface area contributed by atoms with Crippen molar-refractivity contribution in [2.24, 2.45) is 0 Å². The number of aromatic amines is 2. The summed E-state index contributed by atoms with van der Waals surface area (Å²) in [6.45, 7) is 5.61. The van der Waals surface area contributed by atoms with Crippen molar-refractivity contribution in [3.8, 4) is 45.5 Å². The average molecular weight is 817 g/mol. The molecular formula is C42H36N6O8S2. The van der Waals surface area contributed by atoms with E-state index < -0.39 is 4.92 Å². The molecule has 10 rings (SSSR count). The summed E-state index contributed by atoms with van der Waals surface area (Å²) < 4.78 is 23.2. The first kappa shape index (κ1) is 37.4. The van der Waals surface area contributed by atoms with Crippen LogP contribution in [-0.2, 0) is 9.47 Å². The number of anilines is 3. The number of nitro benzene ring substituents is 1. The predicted octanol–water partition coefficient (Wildman–Crippen LogP) is 7.76. The molecule has 0 unspecified atom stereocenters. The van der Waals surface area contributed by atoms with E-state index in [0.29, 0.717) is 54.2 Å². The average Bonchev–Trinajstić information content (AvgIpc) is 3.24. The van der Waals surface area contributed by atoms with E-state index in [1.54, 1.807) is 30.0 Å². The van der Waals surface area contributed by atoms with Gasteiger partial charge in [-0.2, -0.15) is 0 Å². The van der Waals surface area contributed by atoms with Crippen LogP contribution in [0.2, 0.25) is 0 Å². The molecule has 2 aromatic heterocycles. The lowest BCUT2D eigenvalue weighted by atomic mass is 10.1. The molecule has 14 nitrogen and oxygen atoms in total. The van der Waals surface area contributed by atoms with Gasteiger partial charge in [0, 0.05) is 78.6 Å². The topological polar surface area (TPSA) is 178 Å². The summed E-state index contributed by atoms with van der Waals surface area (Å²) in [6, 6.07) is 29.0. The van der Waals surface area contributed by atoms with E-state index in [9.17, 15) is 19.7 Å². The maximum absolute atomic E-state index is 12.4. The van der Waals surface area contributed by atoms with Crippen molar-refractivity contribution in [2.75, 3.05) is 68.1 Å². The Hall–Kier alpha value is -6.20. The van der Waals surface area contributed by atoms with Crippen LogP contribution < -0.4 is 36.1 Å². The van der Waals surface area contributed by atoms with Gasteiger partial charge in [-0.05, 0) is 60.7 Å². The minimum Gasteiger partial charge on any atom is -0.454 e. The highest BCUT2D eigenvalue weighted by Gasteiger charge is 2.26. The van der Waals surface area contributed by atoms with E-state index in [4.69, 9.17) is 24.7 Å². The Morgan fingerprint density at radius 2 is 1.09 bits per heavy atom. The highest BCUT2D eigenvalue weighted by Crippen LogP contribution is 2.52. The van der Waals surface area contributed by atoms with E-state index in [2.05, 4.69) is 19.8 Å². The number of hydrogen-bond acceptors (Lipinski definition) is 13. The number of H-pyrrole nitrogens is 2. The smallest absolute Gasteiger partial charge is 0.270 e. The second-order valence-electron chi connectivity index (χ2n) is 13.7. The van der Waals surface area contributed by atoms with E-state index >= 15 is 0 Å².